The third-order valence-electron chi connectivity index (χ3n) is 4.37. The van der Waals surface area contributed by atoms with E-state index in [1.54, 1.807) is 24.3 Å². The number of rotatable bonds is 5. The molecule has 150 valence electrons. The van der Waals surface area contributed by atoms with E-state index in [2.05, 4.69) is 15.9 Å². The number of imide groups is 1. The minimum absolute atomic E-state index is 0.00958. The summed E-state index contributed by atoms with van der Waals surface area (Å²) in [6.07, 6.45) is 1.53. The van der Waals surface area contributed by atoms with Gasteiger partial charge in [0, 0.05) is 28.2 Å². The van der Waals surface area contributed by atoms with Crippen molar-refractivity contribution in [2.75, 3.05) is 0 Å². The van der Waals surface area contributed by atoms with Crippen LogP contribution in [0.4, 0.5) is 10.5 Å². The van der Waals surface area contributed by atoms with Crippen molar-refractivity contribution in [2.45, 2.75) is 6.54 Å². The summed E-state index contributed by atoms with van der Waals surface area (Å²) in [7, 11) is 0. The molecule has 9 heteroatoms. The molecule has 0 atom stereocenters. The molecule has 1 saturated heterocycles. The first kappa shape index (κ1) is 20.1. The number of carbonyl (C=O) groups excluding carboxylic acids is 2. The lowest BCUT2D eigenvalue weighted by Gasteiger charge is -2.12. The van der Waals surface area contributed by atoms with Gasteiger partial charge in [-0.05, 0) is 53.7 Å². The van der Waals surface area contributed by atoms with Crippen LogP contribution >= 0.6 is 27.7 Å². The van der Waals surface area contributed by atoms with E-state index in [1.807, 2.05) is 24.3 Å². The fourth-order valence-electron chi connectivity index (χ4n) is 2.92. The van der Waals surface area contributed by atoms with Crippen molar-refractivity contribution in [3.8, 4) is 11.3 Å². The molecule has 0 N–H and O–H groups in total. The van der Waals surface area contributed by atoms with Crippen LogP contribution in [0.15, 0.2) is 74.5 Å². The van der Waals surface area contributed by atoms with E-state index in [9.17, 15) is 19.7 Å². The second-order valence-corrected chi connectivity index (χ2v) is 8.31. The fourth-order valence-corrected chi connectivity index (χ4v) is 4.18. The van der Waals surface area contributed by atoms with Crippen LogP contribution < -0.4 is 0 Å². The Balaban J connectivity index is 1.52. The van der Waals surface area contributed by atoms with Crippen LogP contribution in [0.3, 0.4) is 0 Å². The van der Waals surface area contributed by atoms with Crippen LogP contribution in [0, 0.1) is 10.1 Å². The van der Waals surface area contributed by atoms with Crippen molar-refractivity contribution < 1.29 is 18.9 Å². The van der Waals surface area contributed by atoms with E-state index in [-0.39, 0.29) is 28.3 Å². The zero-order valence-electron chi connectivity index (χ0n) is 15.3. The minimum Gasteiger partial charge on any atom is -0.457 e. The summed E-state index contributed by atoms with van der Waals surface area (Å²) < 4.78 is 6.61. The lowest BCUT2D eigenvalue weighted by molar-refractivity contribution is -0.384. The van der Waals surface area contributed by atoms with E-state index >= 15 is 0 Å². The van der Waals surface area contributed by atoms with Crippen LogP contribution in [0.5, 0.6) is 0 Å². The van der Waals surface area contributed by atoms with E-state index in [1.165, 1.54) is 23.1 Å². The van der Waals surface area contributed by atoms with Crippen LogP contribution in [0.1, 0.15) is 11.3 Å². The smallest absolute Gasteiger partial charge is 0.293 e. The predicted octanol–water partition coefficient (Wildman–Crippen LogP) is 5.85. The molecule has 1 aliphatic rings. The molecule has 1 aliphatic heterocycles. The summed E-state index contributed by atoms with van der Waals surface area (Å²) in [5.74, 6) is 0.541. The van der Waals surface area contributed by atoms with Crippen LogP contribution in [-0.2, 0) is 11.3 Å². The van der Waals surface area contributed by atoms with Crippen molar-refractivity contribution in [1.82, 2.24) is 4.90 Å². The van der Waals surface area contributed by atoms with Crippen molar-refractivity contribution in [2.24, 2.45) is 0 Å². The highest BCUT2D eigenvalue weighted by molar-refractivity contribution is 9.10. The van der Waals surface area contributed by atoms with Gasteiger partial charge >= 0.3 is 0 Å². The van der Waals surface area contributed by atoms with Crippen molar-refractivity contribution in [3.63, 3.8) is 0 Å². The van der Waals surface area contributed by atoms with Gasteiger partial charge in [0.15, 0.2) is 0 Å². The third kappa shape index (κ3) is 4.22. The maximum Gasteiger partial charge on any atom is 0.293 e. The molecule has 30 heavy (non-hydrogen) atoms. The maximum atomic E-state index is 12.7. The number of nitro groups is 1. The van der Waals surface area contributed by atoms with Gasteiger partial charge in [0.1, 0.15) is 11.5 Å². The van der Waals surface area contributed by atoms with Gasteiger partial charge in [-0.3, -0.25) is 24.6 Å². The molecule has 2 heterocycles. The van der Waals surface area contributed by atoms with Crippen LogP contribution in [0.25, 0.3) is 17.4 Å². The molecule has 2 aromatic carbocycles. The van der Waals surface area contributed by atoms with Gasteiger partial charge in [0.25, 0.3) is 16.8 Å². The number of nitro benzene ring substituents is 1. The molecule has 1 fully saturated rings. The predicted molar refractivity (Wildman–Crippen MR) is 116 cm³/mol. The number of benzene rings is 2. The van der Waals surface area contributed by atoms with Gasteiger partial charge in [0.05, 0.1) is 16.4 Å². The Kier molecular flexibility index (Phi) is 5.56. The fraction of sp³-hybridized carbons (Fsp3) is 0.0476. The maximum absolute atomic E-state index is 12.7. The highest BCUT2D eigenvalue weighted by Gasteiger charge is 2.35. The number of hydrogen-bond donors (Lipinski definition) is 0. The number of halogens is 1. The van der Waals surface area contributed by atoms with E-state index < -0.39 is 4.92 Å². The summed E-state index contributed by atoms with van der Waals surface area (Å²) in [4.78, 5) is 36.8. The summed E-state index contributed by atoms with van der Waals surface area (Å²) in [6, 6.07) is 16.8. The first-order valence-corrected chi connectivity index (χ1v) is 10.4. The topological polar surface area (TPSA) is 93.7 Å². The quantitative estimate of drug-likeness (QED) is 0.256. The highest BCUT2D eigenvalue weighted by Crippen LogP contribution is 2.34. The largest absolute Gasteiger partial charge is 0.457 e. The average molecular weight is 485 g/mol. The van der Waals surface area contributed by atoms with E-state index in [0.717, 1.165) is 21.8 Å². The number of carbonyl (C=O) groups is 2. The number of thioether (sulfide) groups is 1. The summed E-state index contributed by atoms with van der Waals surface area (Å²) in [5.41, 5.74) is 1.50. The number of amides is 2. The number of non-ortho nitro benzene ring substituents is 1. The molecule has 0 saturated carbocycles. The molecule has 2 amide bonds. The van der Waals surface area contributed by atoms with Gasteiger partial charge in [0.2, 0.25) is 0 Å². The Morgan fingerprint density at radius 2 is 1.87 bits per heavy atom. The standard InChI is InChI=1S/C21H13BrN2O5S/c22-15-3-1-2-13(10-15)12-23-20(25)19(30-21(23)26)11-17-8-9-18(29-17)14-4-6-16(7-5-14)24(27)28/h1-11H,12H2/b19-11+. The molecule has 1 aromatic heterocycles. The van der Waals surface area contributed by atoms with Crippen LogP contribution in [-0.4, -0.2) is 21.0 Å². The first-order valence-electron chi connectivity index (χ1n) is 8.75. The van der Waals surface area contributed by atoms with E-state index in [4.69, 9.17) is 4.42 Å². The Hall–Kier alpha value is -3.17. The summed E-state index contributed by atoms with van der Waals surface area (Å²) in [6.45, 7) is 0.188. The Morgan fingerprint density at radius 1 is 1.10 bits per heavy atom. The molecule has 4 rings (SSSR count). The summed E-state index contributed by atoms with van der Waals surface area (Å²) in [5, 5.41) is 10.4. The van der Waals surface area contributed by atoms with Gasteiger partial charge in [-0.15, -0.1) is 0 Å². The monoisotopic (exact) mass is 484 g/mol. The highest BCUT2D eigenvalue weighted by atomic mass is 79.9. The van der Waals surface area contributed by atoms with Gasteiger partial charge in [-0.2, -0.15) is 0 Å². The normalized spacial score (nSPS) is 15.2. The molecule has 0 bridgehead atoms. The molecule has 0 radical (unpaired) electrons. The molecule has 3 aromatic rings. The Morgan fingerprint density at radius 3 is 2.57 bits per heavy atom. The average Bonchev–Trinajstić information content (AvgIpc) is 3.29. The lowest BCUT2D eigenvalue weighted by Crippen LogP contribution is -2.27. The molecule has 0 spiro atoms. The number of hydrogen-bond acceptors (Lipinski definition) is 6. The SMILES string of the molecule is O=C1S/C(=C/c2ccc(-c3ccc([N+](=O)[O-])cc3)o2)C(=O)N1Cc1cccc(Br)c1. The summed E-state index contributed by atoms with van der Waals surface area (Å²) >= 11 is 4.24. The third-order valence-corrected chi connectivity index (χ3v) is 5.77. The van der Waals surface area contributed by atoms with Gasteiger partial charge < -0.3 is 4.42 Å². The van der Waals surface area contributed by atoms with E-state index in [0.29, 0.717) is 17.1 Å². The molecule has 7 nitrogen and oxygen atoms in total. The minimum atomic E-state index is -0.471. The second kappa shape index (κ2) is 8.29. The molecule has 0 unspecified atom stereocenters. The zero-order chi connectivity index (χ0) is 21.3. The van der Waals surface area contributed by atoms with Crippen molar-refractivity contribution in [1.29, 1.82) is 0 Å². The van der Waals surface area contributed by atoms with Crippen molar-refractivity contribution >= 4 is 50.6 Å². The Labute approximate surface area is 183 Å². The second-order valence-electron chi connectivity index (χ2n) is 6.40. The van der Waals surface area contributed by atoms with Crippen LogP contribution in [0.2, 0.25) is 0 Å². The van der Waals surface area contributed by atoms with Crippen molar-refractivity contribution in [3.05, 3.63) is 91.5 Å². The number of furan rings is 1. The zero-order valence-corrected chi connectivity index (χ0v) is 17.7. The molecular weight excluding hydrogens is 472 g/mol. The number of nitrogens with zero attached hydrogens (tertiary/aromatic N) is 2. The molecular formula is C21H13BrN2O5S. The Bertz CT molecular complexity index is 1190. The van der Waals surface area contributed by atoms with Gasteiger partial charge in [-0.25, -0.2) is 0 Å². The molecule has 0 aliphatic carbocycles. The first-order chi connectivity index (χ1) is 14.4. The lowest BCUT2D eigenvalue weighted by atomic mass is 10.1. The van der Waals surface area contributed by atoms with Gasteiger partial charge in [-0.1, -0.05) is 28.1 Å².